The molecule has 0 saturated carbocycles. The van der Waals surface area contributed by atoms with Crippen LogP contribution in [0.2, 0.25) is 0 Å². The van der Waals surface area contributed by atoms with Crippen LogP contribution >= 0.6 is 15.9 Å². The van der Waals surface area contributed by atoms with E-state index in [2.05, 4.69) is 15.9 Å². The maximum absolute atomic E-state index is 11.6. The van der Waals surface area contributed by atoms with E-state index in [4.69, 9.17) is 10.5 Å². The maximum atomic E-state index is 11.6. The molecule has 2 N–H and O–H groups in total. The molecule has 1 rings (SSSR count). The molecule has 0 unspecified atom stereocenters. The molecule has 0 aliphatic rings. The van der Waals surface area contributed by atoms with Gasteiger partial charge < -0.3 is 10.5 Å². The van der Waals surface area contributed by atoms with Crippen LogP contribution in [0.1, 0.15) is 10.4 Å². The lowest BCUT2D eigenvalue weighted by Crippen LogP contribution is -2.14. The Bertz CT molecular complexity index is 554. The van der Waals surface area contributed by atoms with Crippen LogP contribution in [0, 0.1) is 0 Å². The Labute approximate surface area is 108 Å². The number of carbonyl (C=O) groups is 1. The quantitative estimate of drug-likeness (QED) is 0.836. The van der Waals surface area contributed by atoms with E-state index in [1.165, 1.54) is 19.2 Å². The smallest absolute Gasteiger partial charge is 0.179 e. The second-order valence-corrected chi connectivity index (χ2v) is 6.23. The summed E-state index contributed by atoms with van der Waals surface area (Å²) >= 11 is 3.17. The highest BCUT2D eigenvalue weighted by Crippen LogP contribution is 2.33. The molecule has 7 heteroatoms. The molecule has 0 bridgehead atoms. The number of hydrogen-bond acceptors (Lipinski definition) is 5. The Morgan fingerprint density at radius 3 is 2.47 bits per heavy atom. The van der Waals surface area contributed by atoms with E-state index in [-0.39, 0.29) is 28.5 Å². The number of carbonyl (C=O) groups excluding carboxylic acids is 1. The summed E-state index contributed by atoms with van der Waals surface area (Å²) < 4.78 is 28.6. The predicted octanol–water partition coefficient (Wildman–Crippen LogP) is 1.00. The van der Waals surface area contributed by atoms with Crippen LogP contribution < -0.4 is 10.5 Å². The van der Waals surface area contributed by atoms with Crippen molar-refractivity contribution >= 4 is 31.6 Å². The molecule has 1 aromatic rings. The number of halogens is 1. The zero-order valence-corrected chi connectivity index (χ0v) is 11.8. The van der Waals surface area contributed by atoms with Crippen molar-refractivity contribution in [2.45, 2.75) is 4.90 Å². The number of rotatable bonds is 4. The van der Waals surface area contributed by atoms with Crippen LogP contribution in [0.5, 0.6) is 5.75 Å². The molecule has 5 nitrogen and oxygen atoms in total. The highest BCUT2D eigenvalue weighted by molar-refractivity contribution is 9.10. The third-order valence-electron chi connectivity index (χ3n) is 2.12. The first-order chi connectivity index (χ1) is 7.81. The van der Waals surface area contributed by atoms with Crippen molar-refractivity contribution < 1.29 is 17.9 Å². The van der Waals surface area contributed by atoms with Crippen LogP contribution in [-0.4, -0.2) is 34.1 Å². The number of sulfone groups is 1. The van der Waals surface area contributed by atoms with Crippen LogP contribution in [0.3, 0.4) is 0 Å². The minimum Gasteiger partial charge on any atom is -0.494 e. The molecule has 0 aliphatic carbocycles. The van der Waals surface area contributed by atoms with E-state index in [9.17, 15) is 13.2 Å². The average molecular weight is 322 g/mol. The molecule has 0 aliphatic heterocycles. The van der Waals surface area contributed by atoms with Crippen LogP contribution in [0.4, 0.5) is 0 Å². The Kier molecular flexibility index (Phi) is 4.29. The van der Waals surface area contributed by atoms with Crippen molar-refractivity contribution in [3.05, 3.63) is 22.2 Å². The lowest BCUT2D eigenvalue weighted by molar-refractivity contribution is 0.100. The zero-order valence-electron chi connectivity index (χ0n) is 9.36. The van der Waals surface area contributed by atoms with Crippen LogP contribution in [-0.2, 0) is 9.84 Å². The number of nitrogens with two attached hydrogens (primary N) is 1. The van der Waals surface area contributed by atoms with Crippen molar-refractivity contribution in [2.75, 3.05) is 19.9 Å². The maximum Gasteiger partial charge on any atom is 0.179 e. The summed E-state index contributed by atoms with van der Waals surface area (Å²) in [5, 5.41) is 0. The first-order valence-corrected chi connectivity index (χ1v) is 7.30. The molecule has 0 amide bonds. The predicted molar refractivity (Wildman–Crippen MR) is 67.2 cm³/mol. The minimum atomic E-state index is -3.48. The summed E-state index contributed by atoms with van der Waals surface area (Å²) in [5.74, 6) is -0.153. The van der Waals surface area contributed by atoms with Gasteiger partial charge in [-0.05, 0) is 28.1 Å². The van der Waals surface area contributed by atoms with Gasteiger partial charge in [0.15, 0.2) is 21.4 Å². The van der Waals surface area contributed by atoms with Gasteiger partial charge in [-0.2, -0.15) is 0 Å². The third-order valence-corrected chi connectivity index (χ3v) is 3.81. The molecule has 1 aromatic carbocycles. The lowest BCUT2D eigenvalue weighted by atomic mass is 10.1. The second kappa shape index (κ2) is 5.16. The summed E-state index contributed by atoms with van der Waals surface area (Å²) in [5.41, 5.74) is 5.47. The van der Waals surface area contributed by atoms with E-state index >= 15 is 0 Å². The molecule has 0 heterocycles. The van der Waals surface area contributed by atoms with E-state index in [0.717, 1.165) is 6.26 Å². The van der Waals surface area contributed by atoms with Gasteiger partial charge in [-0.15, -0.1) is 0 Å². The molecule has 94 valence electrons. The molecule has 0 spiro atoms. The molecular formula is C10H12BrNO4S. The van der Waals surface area contributed by atoms with E-state index < -0.39 is 9.84 Å². The van der Waals surface area contributed by atoms with Gasteiger partial charge in [-0.25, -0.2) is 8.42 Å². The molecule has 0 saturated heterocycles. The highest BCUT2D eigenvalue weighted by Gasteiger charge is 2.20. The van der Waals surface area contributed by atoms with Gasteiger partial charge in [-0.3, -0.25) is 4.79 Å². The number of hydrogen-bond donors (Lipinski definition) is 1. The van der Waals surface area contributed by atoms with Crippen molar-refractivity contribution in [3.63, 3.8) is 0 Å². The van der Waals surface area contributed by atoms with E-state index in [1.807, 2.05) is 0 Å². The van der Waals surface area contributed by atoms with Gasteiger partial charge in [-0.1, -0.05) is 0 Å². The van der Waals surface area contributed by atoms with E-state index in [1.54, 1.807) is 0 Å². The van der Waals surface area contributed by atoms with Gasteiger partial charge in [0, 0.05) is 11.8 Å². The normalized spacial score (nSPS) is 11.3. The number of Topliss-reactive ketones (excluding diaryl/α,β-unsaturated/α-hetero) is 1. The van der Waals surface area contributed by atoms with Gasteiger partial charge in [0.1, 0.15) is 4.90 Å². The van der Waals surface area contributed by atoms with Gasteiger partial charge in [0.05, 0.1) is 18.1 Å². The Morgan fingerprint density at radius 2 is 2.06 bits per heavy atom. The molecular weight excluding hydrogens is 310 g/mol. The summed E-state index contributed by atoms with van der Waals surface area (Å²) in [6.45, 7) is -0.179. The van der Waals surface area contributed by atoms with Crippen molar-refractivity contribution in [3.8, 4) is 5.75 Å². The van der Waals surface area contributed by atoms with Gasteiger partial charge in [0.25, 0.3) is 0 Å². The monoisotopic (exact) mass is 321 g/mol. The molecule has 0 radical (unpaired) electrons. The van der Waals surface area contributed by atoms with Gasteiger partial charge in [0.2, 0.25) is 0 Å². The van der Waals surface area contributed by atoms with Crippen LogP contribution in [0.15, 0.2) is 21.5 Å². The number of ketones is 1. The zero-order chi connectivity index (χ0) is 13.2. The average Bonchev–Trinajstić information content (AvgIpc) is 2.25. The standard InChI is InChI=1S/C10H12BrNO4S/c1-16-10-7(11)3-6(8(13)5-12)4-9(10)17(2,14)15/h3-4H,5,12H2,1-2H3. The van der Waals surface area contributed by atoms with Crippen LogP contribution in [0.25, 0.3) is 0 Å². The Morgan fingerprint density at radius 1 is 1.47 bits per heavy atom. The first kappa shape index (κ1) is 14.1. The number of ether oxygens (including phenoxy) is 1. The molecule has 0 atom stereocenters. The molecule has 0 fully saturated rings. The van der Waals surface area contributed by atoms with Crippen molar-refractivity contribution in [1.29, 1.82) is 0 Å². The summed E-state index contributed by atoms with van der Waals surface area (Å²) in [7, 11) is -2.12. The highest BCUT2D eigenvalue weighted by atomic mass is 79.9. The molecule has 17 heavy (non-hydrogen) atoms. The summed E-state index contributed by atoms with van der Waals surface area (Å²) in [6, 6.07) is 2.76. The Balaban J connectivity index is 3.56. The number of benzene rings is 1. The third kappa shape index (κ3) is 3.05. The summed E-state index contributed by atoms with van der Waals surface area (Å²) in [6.07, 6.45) is 1.05. The fourth-order valence-corrected chi connectivity index (χ4v) is 2.94. The minimum absolute atomic E-state index is 0.0359. The lowest BCUT2D eigenvalue weighted by Gasteiger charge is -2.11. The Hall–Kier alpha value is -0.920. The van der Waals surface area contributed by atoms with Crippen molar-refractivity contribution in [2.24, 2.45) is 5.73 Å². The van der Waals surface area contributed by atoms with Gasteiger partial charge >= 0.3 is 0 Å². The largest absolute Gasteiger partial charge is 0.494 e. The van der Waals surface area contributed by atoms with E-state index in [0.29, 0.717) is 4.47 Å². The molecule has 0 aromatic heterocycles. The fourth-order valence-electron chi connectivity index (χ4n) is 1.32. The first-order valence-electron chi connectivity index (χ1n) is 4.62. The summed E-state index contributed by atoms with van der Waals surface area (Å²) in [4.78, 5) is 11.4. The second-order valence-electron chi connectivity index (χ2n) is 3.39. The van der Waals surface area contributed by atoms with Crippen molar-refractivity contribution in [1.82, 2.24) is 0 Å². The topological polar surface area (TPSA) is 86.5 Å². The number of methoxy groups -OCH3 is 1. The SMILES string of the molecule is COc1c(Br)cc(C(=O)CN)cc1S(C)(=O)=O. The fraction of sp³-hybridized carbons (Fsp3) is 0.300.